The molecule has 0 spiro atoms. The van der Waals surface area contributed by atoms with E-state index in [1.54, 1.807) is 18.2 Å². The van der Waals surface area contributed by atoms with Crippen LogP contribution in [0.3, 0.4) is 0 Å². The third-order valence-electron chi connectivity index (χ3n) is 4.33. The molecule has 2 atom stereocenters. The molecule has 0 aliphatic carbocycles. The van der Waals surface area contributed by atoms with Crippen LogP contribution in [0.1, 0.15) is 17.2 Å². The molecule has 1 aliphatic rings. The lowest BCUT2D eigenvalue weighted by Gasteiger charge is -2.30. The maximum absolute atomic E-state index is 12.4. The van der Waals surface area contributed by atoms with E-state index in [1.165, 1.54) is 6.07 Å². The van der Waals surface area contributed by atoms with Crippen molar-refractivity contribution in [3.05, 3.63) is 65.9 Å². The summed E-state index contributed by atoms with van der Waals surface area (Å²) in [6.07, 6.45) is 1.41. The van der Waals surface area contributed by atoms with Crippen molar-refractivity contribution >= 4 is 20.9 Å². The van der Waals surface area contributed by atoms with Crippen LogP contribution < -0.4 is 4.72 Å². The van der Waals surface area contributed by atoms with Gasteiger partial charge in [0, 0.05) is 22.7 Å². The van der Waals surface area contributed by atoms with Gasteiger partial charge in [0.15, 0.2) is 0 Å². The first kappa shape index (κ1) is 14.4. The summed E-state index contributed by atoms with van der Waals surface area (Å²) in [5.41, 5.74) is 2.43. The number of para-hydroxylation sites is 1. The van der Waals surface area contributed by atoms with Gasteiger partial charge in [-0.05, 0) is 24.1 Å². The lowest BCUT2D eigenvalue weighted by molar-refractivity contribution is 0.132. The molecule has 23 heavy (non-hydrogen) atoms. The Balaban J connectivity index is 1.73. The highest BCUT2D eigenvalue weighted by Gasteiger charge is 2.36. The zero-order valence-electron chi connectivity index (χ0n) is 12.2. The molecule has 4 rings (SSSR count). The Morgan fingerprint density at radius 2 is 1.78 bits per heavy atom. The molecule has 0 unspecified atom stereocenters. The summed E-state index contributed by atoms with van der Waals surface area (Å²) in [6.45, 7) is 0. The fourth-order valence-electron chi connectivity index (χ4n) is 3.20. The summed E-state index contributed by atoms with van der Waals surface area (Å²) in [5.74, 6) is 0. The van der Waals surface area contributed by atoms with Crippen LogP contribution in [0, 0.1) is 0 Å². The highest BCUT2D eigenvalue weighted by Crippen LogP contribution is 2.32. The smallest absolute Gasteiger partial charge is 0.241 e. The minimum atomic E-state index is -3.60. The molecular formula is C17H16N2O3S. The van der Waals surface area contributed by atoms with E-state index >= 15 is 0 Å². The minimum Gasteiger partial charge on any atom is -0.387 e. The number of aromatic amines is 1. The molecule has 0 amide bonds. The number of benzene rings is 2. The number of hydrogen-bond donors (Lipinski definition) is 3. The van der Waals surface area contributed by atoms with Crippen LogP contribution in [-0.2, 0) is 16.4 Å². The monoisotopic (exact) mass is 328 g/mol. The summed E-state index contributed by atoms with van der Waals surface area (Å²) in [6, 6.07) is 13.8. The Kier molecular flexibility index (Phi) is 3.26. The molecule has 0 bridgehead atoms. The van der Waals surface area contributed by atoms with Crippen molar-refractivity contribution in [1.29, 1.82) is 0 Å². The molecule has 6 heteroatoms. The van der Waals surface area contributed by atoms with E-state index in [0.717, 1.165) is 16.5 Å². The first-order valence-electron chi connectivity index (χ1n) is 7.40. The van der Waals surface area contributed by atoms with Crippen LogP contribution in [0.2, 0.25) is 0 Å². The van der Waals surface area contributed by atoms with Crippen LogP contribution in [0.15, 0.2) is 59.6 Å². The predicted molar refractivity (Wildman–Crippen MR) is 87.5 cm³/mol. The topological polar surface area (TPSA) is 82.2 Å². The predicted octanol–water partition coefficient (Wildman–Crippen LogP) is 2.10. The van der Waals surface area contributed by atoms with Crippen molar-refractivity contribution in [2.75, 3.05) is 0 Å². The number of sulfonamides is 1. The Morgan fingerprint density at radius 3 is 2.65 bits per heavy atom. The fraction of sp³-hybridized carbons (Fsp3) is 0.176. The van der Waals surface area contributed by atoms with Gasteiger partial charge in [-0.15, -0.1) is 0 Å². The SMILES string of the molecule is O=S1(=O)N[C@@H](Cc2c[nH]c3ccccc23)[C@H](O)c2ccccc21. The molecule has 118 valence electrons. The first-order chi connectivity index (χ1) is 11.1. The third kappa shape index (κ3) is 2.35. The molecule has 1 aromatic heterocycles. The molecule has 2 heterocycles. The minimum absolute atomic E-state index is 0.155. The standard InChI is InChI=1S/C17H16N2O3S/c20-17-13-6-2-4-8-16(13)23(21,22)19-15(17)9-11-10-18-14-7-3-1-5-12(11)14/h1-8,10,15,17-20H,9H2/t15-,17+/m0/s1. The van der Waals surface area contributed by atoms with E-state index in [1.807, 2.05) is 30.5 Å². The molecule has 5 nitrogen and oxygen atoms in total. The lowest BCUT2D eigenvalue weighted by atomic mass is 9.96. The number of fused-ring (bicyclic) bond motifs is 2. The zero-order chi connectivity index (χ0) is 16.0. The van der Waals surface area contributed by atoms with Gasteiger partial charge in [0.2, 0.25) is 10.0 Å². The number of aliphatic hydroxyl groups is 1. The van der Waals surface area contributed by atoms with Gasteiger partial charge >= 0.3 is 0 Å². The Labute approximate surface area is 134 Å². The van der Waals surface area contributed by atoms with Gasteiger partial charge < -0.3 is 10.1 Å². The number of aromatic nitrogens is 1. The van der Waals surface area contributed by atoms with Gasteiger partial charge in [-0.3, -0.25) is 0 Å². The maximum Gasteiger partial charge on any atom is 0.241 e. The molecule has 0 saturated heterocycles. The first-order valence-corrected chi connectivity index (χ1v) is 8.89. The van der Waals surface area contributed by atoms with Crippen LogP contribution in [0.4, 0.5) is 0 Å². The summed E-state index contributed by atoms with van der Waals surface area (Å²) in [7, 11) is -3.60. The van der Waals surface area contributed by atoms with E-state index < -0.39 is 22.2 Å². The largest absolute Gasteiger partial charge is 0.387 e. The van der Waals surface area contributed by atoms with E-state index in [0.29, 0.717) is 12.0 Å². The lowest BCUT2D eigenvalue weighted by Crippen LogP contribution is -2.45. The molecular weight excluding hydrogens is 312 g/mol. The molecule has 1 aliphatic heterocycles. The van der Waals surface area contributed by atoms with Crippen LogP contribution in [0.5, 0.6) is 0 Å². The highest BCUT2D eigenvalue weighted by molar-refractivity contribution is 7.89. The van der Waals surface area contributed by atoms with Gasteiger partial charge in [0.25, 0.3) is 0 Å². The van der Waals surface area contributed by atoms with Crippen molar-refractivity contribution in [1.82, 2.24) is 9.71 Å². The van der Waals surface area contributed by atoms with Crippen molar-refractivity contribution in [2.24, 2.45) is 0 Å². The van der Waals surface area contributed by atoms with Gasteiger partial charge in [-0.2, -0.15) is 0 Å². The summed E-state index contributed by atoms with van der Waals surface area (Å²) < 4.78 is 27.4. The quantitative estimate of drug-likeness (QED) is 0.674. The van der Waals surface area contributed by atoms with Crippen LogP contribution in [0.25, 0.3) is 10.9 Å². The van der Waals surface area contributed by atoms with Gasteiger partial charge in [0.1, 0.15) is 0 Å². The van der Waals surface area contributed by atoms with Crippen LogP contribution >= 0.6 is 0 Å². The molecule has 2 aromatic carbocycles. The maximum atomic E-state index is 12.4. The van der Waals surface area contributed by atoms with Gasteiger partial charge in [-0.25, -0.2) is 13.1 Å². The van der Waals surface area contributed by atoms with Crippen molar-refractivity contribution in [3.8, 4) is 0 Å². The van der Waals surface area contributed by atoms with E-state index in [9.17, 15) is 13.5 Å². The summed E-state index contributed by atoms with van der Waals surface area (Å²) in [5, 5.41) is 11.6. The average molecular weight is 328 g/mol. The van der Waals surface area contributed by atoms with Crippen LogP contribution in [-0.4, -0.2) is 24.6 Å². The Morgan fingerprint density at radius 1 is 1.04 bits per heavy atom. The fourth-order valence-corrected chi connectivity index (χ4v) is 4.70. The Bertz CT molecular complexity index is 978. The molecule has 3 N–H and O–H groups in total. The molecule has 0 fully saturated rings. The second kappa shape index (κ2) is 5.19. The van der Waals surface area contributed by atoms with E-state index in [4.69, 9.17) is 0 Å². The van der Waals surface area contributed by atoms with Crippen molar-refractivity contribution < 1.29 is 13.5 Å². The van der Waals surface area contributed by atoms with Gasteiger partial charge in [-0.1, -0.05) is 36.4 Å². The number of hydrogen-bond acceptors (Lipinski definition) is 3. The number of H-pyrrole nitrogens is 1. The van der Waals surface area contributed by atoms with Gasteiger partial charge in [0.05, 0.1) is 17.0 Å². The zero-order valence-corrected chi connectivity index (χ0v) is 13.0. The average Bonchev–Trinajstić information content (AvgIpc) is 2.96. The third-order valence-corrected chi connectivity index (χ3v) is 5.89. The summed E-state index contributed by atoms with van der Waals surface area (Å²) >= 11 is 0. The molecule has 0 radical (unpaired) electrons. The second-order valence-electron chi connectivity index (χ2n) is 5.77. The summed E-state index contributed by atoms with van der Waals surface area (Å²) in [4.78, 5) is 3.33. The molecule has 0 saturated carbocycles. The number of nitrogens with one attached hydrogen (secondary N) is 2. The second-order valence-corrected chi connectivity index (χ2v) is 7.46. The van der Waals surface area contributed by atoms with E-state index in [2.05, 4.69) is 9.71 Å². The number of aliphatic hydroxyl groups excluding tert-OH is 1. The highest BCUT2D eigenvalue weighted by atomic mass is 32.2. The Hall–Kier alpha value is -2.15. The molecule has 3 aromatic rings. The van der Waals surface area contributed by atoms with Crippen molar-refractivity contribution in [2.45, 2.75) is 23.5 Å². The van der Waals surface area contributed by atoms with Crippen molar-refractivity contribution in [3.63, 3.8) is 0 Å². The number of rotatable bonds is 2. The normalized spacial score (nSPS) is 22.8. The van der Waals surface area contributed by atoms with E-state index in [-0.39, 0.29) is 4.90 Å².